The summed E-state index contributed by atoms with van der Waals surface area (Å²) in [5.74, 6) is 2.14. The summed E-state index contributed by atoms with van der Waals surface area (Å²) in [6.45, 7) is 7.93. The van der Waals surface area contributed by atoms with Gasteiger partial charge in [-0.05, 0) is 50.7 Å². The molecule has 2 fully saturated rings. The molecule has 1 spiro atoms. The maximum Gasteiger partial charge on any atom is 0.157 e. The highest BCUT2D eigenvalue weighted by atomic mass is 32.2. The lowest BCUT2D eigenvalue weighted by atomic mass is 9.78. The lowest BCUT2D eigenvalue weighted by molar-refractivity contribution is 0.250. The quantitative estimate of drug-likeness (QED) is 0.805. The van der Waals surface area contributed by atoms with E-state index in [0.717, 1.165) is 12.5 Å². The fraction of sp³-hybridized carbons (Fsp3) is 0.938. The summed E-state index contributed by atoms with van der Waals surface area (Å²) < 4.78 is 0.339. The number of hydrogen-bond acceptors (Lipinski definition) is 3. The smallest absolute Gasteiger partial charge is 0.157 e. The molecule has 1 aliphatic carbocycles. The summed E-state index contributed by atoms with van der Waals surface area (Å²) in [5, 5.41) is 4.98. The second kappa shape index (κ2) is 6.95. The van der Waals surface area contributed by atoms with Crippen LogP contribution in [0.25, 0.3) is 0 Å². The fourth-order valence-electron chi connectivity index (χ4n) is 3.22. The van der Waals surface area contributed by atoms with E-state index in [1.165, 1.54) is 49.4 Å². The molecule has 0 atom stereocenters. The average molecular weight is 315 g/mol. The van der Waals surface area contributed by atoms with Crippen LogP contribution < -0.4 is 5.32 Å². The first kappa shape index (κ1) is 16.5. The molecule has 1 saturated carbocycles. The van der Waals surface area contributed by atoms with E-state index in [9.17, 15) is 0 Å². The van der Waals surface area contributed by atoms with Crippen LogP contribution >= 0.6 is 23.5 Å². The van der Waals surface area contributed by atoms with Crippen LogP contribution in [-0.4, -0.2) is 34.0 Å². The Kier molecular flexibility index (Phi) is 5.75. The SMILES string of the molecule is CCC(CC)(CN=C1NC2(CCC(C)CC2)CS1)SC. The number of nitrogens with one attached hydrogen (secondary N) is 1. The average Bonchev–Trinajstić information content (AvgIpc) is 2.88. The number of nitrogens with zero attached hydrogens (tertiary/aromatic N) is 1. The molecule has 2 aliphatic rings. The summed E-state index contributed by atoms with van der Waals surface area (Å²) in [6, 6.07) is 0. The van der Waals surface area contributed by atoms with Crippen LogP contribution in [0.5, 0.6) is 0 Å². The third-order valence-corrected chi connectivity index (χ3v) is 8.10. The molecule has 1 N–H and O–H groups in total. The monoisotopic (exact) mass is 314 g/mol. The molecule has 2 rings (SSSR count). The van der Waals surface area contributed by atoms with Gasteiger partial charge in [0, 0.05) is 16.0 Å². The molecule has 0 unspecified atom stereocenters. The highest BCUT2D eigenvalue weighted by molar-refractivity contribution is 8.14. The lowest BCUT2D eigenvalue weighted by Crippen LogP contribution is -2.46. The van der Waals surface area contributed by atoms with Crippen LogP contribution in [0.4, 0.5) is 0 Å². The Labute approximate surface area is 133 Å². The highest BCUT2D eigenvalue weighted by Crippen LogP contribution is 2.39. The van der Waals surface area contributed by atoms with Crippen molar-refractivity contribution in [1.29, 1.82) is 0 Å². The third-order valence-electron chi connectivity index (χ3n) is 5.32. The molecule has 116 valence electrons. The number of hydrogen-bond donors (Lipinski definition) is 1. The van der Waals surface area contributed by atoms with Crippen LogP contribution in [0, 0.1) is 5.92 Å². The normalized spacial score (nSPS) is 32.8. The van der Waals surface area contributed by atoms with E-state index >= 15 is 0 Å². The van der Waals surface area contributed by atoms with Gasteiger partial charge in [-0.25, -0.2) is 0 Å². The number of thioether (sulfide) groups is 2. The van der Waals surface area contributed by atoms with Crippen molar-refractivity contribution in [3.63, 3.8) is 0 Å². The molecule has 0 aromatic carbocycles. The van der Waals surface area contributed by atoms with Gasteiger partial charge in [-0.15, -0.1) is 0 Å². The summed E-state index contributed by atoms with van der Waals surface area (Å²) in [5.41, 5.74) is 0.371. The van der Waals surface area contributed by atoms with Crippen LogP contribution in [0.15, 0.2) is 4.99 Å². The van der Waals surface area contributed by atoms with Gasteiger partial charge < -0.3 is 5.32 Å². The maximum atomic E-state index is 4.92. The van der Waals surface area contributed by atoms with Gasteiger partial charge in [0.25, 0.3) is 0 Å². The minimum absolute atomic E-state index is 0.339. The molecular weight excluding hydrogens is 284 g/mol. The molecule has 4 heteroatoms. The molecule has 1 heterocycles. The van der Waals surface area contributed by atoms with E-state index in [1.807, 2.05) is 23.5 Å². The molecule has 1 aliphatic heterocycles. The second-order valence-corrected chi connectivity index (χ2v) is 8.83. The molecule has 2 nitrogen and oxygen atoms in total. The Hall–Kier alpha value is 0.170. The standard InChI is InChI=1S/C16H30N2S2/c1-5-16(6-2,19-4)11-17-14-18-15(12-20-14)9-7-13(3)8-10-15/h13H,5-12H2,1-4H3,(H,17,18). The van der Waals surface area contributed by atoms with Gasteiger partial charge >= 0.3 is 0 Å². The van der Waals surface area contributed by atoms with Gasteiger partial charge in [-0.1, -0.05) is 32.5 Å². The molecule has 0 aromatic rings. The van der Waals surface area contributed by atoms with E-state index in [-0.39, 0.29) is 0 Å². The number of aliphatic imine (C=N–C) groups is 1. The van der Waals surface area contributed by atoms with Gasteiger partial charge in [-0.3, -0.25) is 4.99 Å². The number of amidine groups is 1. The van der Waals surface area contributed by atoms with Crippen molar-refractivity contribution in [3.05, 3.63) is 0 Å². The van der Waals surface area contributed by atoms with Crippen molar-refractivity contribution in [2.24, 2.45) is 10.9 Å². The molecule has 0 bridgehead atoms. The van der Waals surface area contributed by atoms with Gasteiger partial charge in [0.05, 0.1) is 6.54 Å². The van der Waals surface area contributed by atoms with E-state index in [2.05, 4.69) is 32.3 Å². The topological polar surface area (TPSA) is 24.4 Å². The molecular formula is C16H30N2S2. The van der Waals surface area contributed by atoms with Gasteiger partial charge in [-0.2, -0.15) is 11.8 Å². The Morgan fingerprint density at radius 2 is 2.00 bits per heavy atom. The van der Waals surface area contributed by atoms with Crippen LogP contribution in [0.2, 0.25) is 0 Å². The van der Waals surface area contributed by atoms with Crippen molar-refractivity contribution in [3.8, 4) is 0 Å². The molecule has 0 aromatic heterocycles. The van der Waals surface area contributed by atoms with Crippen molar-refractivity contribution >= 4 is 28.7 Å². The molecule has 1 saturated heterocycles. The molecule has 0 radical (unpaired) electrons. The predicted octanol–water partition coefficient (Wildman–Crippen LogP) is 4.55. The zero-order chi connectivity index (χ0) is 14.6. The van der Waals surface area contributed by atoms with Gasteiger partial charge in [0.1, 0.15) is 0 Å². The van der Waals surface area contributed by atoms with E-state index < -0.39 is 0 Å². The maximum absolute atomic E-state index is 4.92. The van der Waals surface area contributed by atoms with Gasteiger partial charge in [0.15, 0.2) is 5.17 Å². The first-order valence-corrected chi connectivity index (χ1v) is 10.3. The Balaban J connectivity index is 1.93. The minimum atomic E-state index is 0.339. The lowest BCUT2D eigenvalue weighted by Gasteiger charge is -2.35. The third kappa shape index (κ3) is 3.68. The van der Waals surface area contributed by atoms with Crippen LogP contribution in [0.3, 0.4) is 0 Å². The first-order valence-electron chi connectivity index (χ1n) is 8.07. The van der Waals surface area contributed by atoms with Crippen LogP contribution in [-0.2, 0) is 0 Å². The summed E-state index contributed by atoms with van der Waals surface area (Å²) >= 11 is 3.93. The molecule has 20 heavy (non-hydrogen) atoms. The zero-order valence-electron chi connectivity index (χ0n) is 13.5. The molecule has 0 amide bonds. The van der Waals surface area contributed by atoms with Gasteiger partial charge in [0.2, 0.25) is 0 Å². The van der Waals surface area contributed by atoms with Crippen molar-refractivity contribution in [2.75, 3.05) is 18.6 Å². The largest absolute Gasteiger partial charge is 0.359 e. The zero-order valence-corrected chi connectivity index (χ0v) is 15.1. The highest BCUT2D eigenvalue weighted by Gasteiger charge is 2.39. The van der Waals surface area contributed by atoms with E-state index in [4.69, 9.17) is 4.99 Å². The van der Waals surface area contributed by atoms with E-state index in [0.29, 0.717) is 10.3 Å². The Morgan fingerprint density at radius 3 is 2.55 bits per heavy atom. The van der Waals surface area contributed by atoms with Crippen molar-refractivity contribution < 1.29 is 0 Å². The minimum Gasteiger partial charge on any atom is -0.359 e. The van der Waals surface area contributed by atoms with Crippen molar-refractivity contribution in [1.82, 2.24) is 5.32 Å². The first-order chi connectivity index (χ1) is 9.57. The van der Waals surface area contributed by atoms with E-state index in [1.54, 1.807) is 0 Å². The summed E-state index contributed by atoms with van der Waals surface area (Å²) in [4.78, 5) is 4.92. The summed E-state index contributed by atoms with van der Waals surface area (Å²) in [6.07, 6.45) is 10.0. The Morgan fingerprint density at radius 1 is 1.35 bits per heavy atom. The Bertz CT molecular complexity index is 334. The summed E-state index contributed by atoms with van der Waals surface area (Å²) in [7, 11) is 0. The predicted molar refractivity (Wildman–Crippen MR) is 95.1 cm³/mol. The van der Waals surface area contributed by atoms with Crippen LogP contribution in [0.1, 0.15) is 59.3 Å². The second-order valence-electron chi connectivity index (χ2n) is 6.59. The van der Waals surface area contributed by atoms with Crippen molar-refractivity contribution in [2.45, 2.75) is 69.6 Å². The fourth-order valence-corrected chi connectivity index (χ4v) is 5.21. The number of rotatable bonds is 5.